The molecule has 9 heteroatoms. The van der Waals surface area contributed by atoms with Crippen molar-refractivity contribution in [2.24, 2.45) is 0 Å². The molecule has 1 aromatic carbocycles. The maximum atomic E-state index is 14.3. The predicted octanol–water partition coefficient (Wildman–Crippen LogP) is 3.00. The quantitative estimate of drug-likeness (QED) is 0.696. The molecule has 2 atom stereocenters. The minimum absolute atomic E-state index is 0.0204. The van der Waals surface area contributed by atoms with Gasteiger partial charge in [0.05, 0.1) is 11.4 Å². The van der Waals surface area contributed by atoms with Crippen LogP contribution in [0.5, 0.6) is 0 Å². The van der Waals surface area contributed by atoms with E-state index in [0.717, 1.165) is 0 Å². The number of nitrogens with one attached hydrogen (secondary N) is 1. The van der Waals surface area contributed by atoms with Crippen LogP contribution in [0.15, 0.2) is 42.6 Å². The van der Waals surface area contributed by atoms with Crippen molar-refractivity contribution in [2.75, 3.05) is 11.9 Å². The molecule has 0 bridgehead atoms. The molecular formula is C24H29FN4O4. The number of benzene rings is 1. The Hall–Kier alpha value is -3.49. The van der Waals surface area contributed by atoms with Crippen LogP contribution in [0.3, 0.4) is 0 Å². The number of carbonyl (C=O) groups excluding carboxylic acids is 2. The maximum absolute atomic E-state index is 14.3. The lowest BCUT2D eigenvalue weighted by molar-refractivity contribution is -0.128. The number of carboxylic acid groups (broad SMARTS) is 1. The maximum Gasteiger partial charge on any atom is 0.408 e. The molecule has 1 unspecified atom stereocenters. The van der Waals surface area contributed by atoms with Gasteiger partial charge in [-0.1, -0.05) is 18.2 Å². The van der Waals surface area contributed by atoms with E-state index < -0.39 is 35.4 Å². The number of rotatable bonds is 6. The van der Waals surface area contributed by atoms with Crippen LogP contribution in [-0.2, 0) is 22.4 Å². The van der Waals surface area contributed by atoms with Gasteiger partial charge in [-0.05, 0) is 51.0 Å². The van der Waals surface area contributed by atoms with E-state index in [-0.39, 0.29) is 25.2 Å². The average molecular weight is 457 g/mol. The smallest absolute Gasteiger partial charge is 0.408 e. The van der Waals surface area contributed by atoms with E-state index in [1.807, 2.05) is 0 Å². The van der Waals surface area contributed by atoms with Gasteiger partial charge < -0.3 is 15.3 Å². The molecular weight excluding hydrogens is 427 g/mol. The lowest BCUT2D eigenvalue weighted by atomic mass is 9.95. The Kier molecular flexibility index (Phi) is 7.00. The first kappa shape index (κ1) is 24.2. The fourth-order valence-electron chi connectivity index (χ4n) is 4.27. The number of likely N-dealkylation sites (N-methyl/N-ethyl adjacent to an activating group) is 1. The number of halogens is 1. The van der Waals surface area contributed by atoms with E-state index in [0.29, 0.717) is 16.9 Å². The molecule has 0 aliphatic carbocycles. The molecule has 2 heterocycles. The van der Waals surface area contributed by atoms with Gasteiger partial charge in [-0.2, -0.15) is 0 Å². The normalized spacial score (nSPS) is 16.7. The summed E-state index contributed by atoms with van der Waals surface area (Å²) in [6.07, 6.45) is 0.459. The first-order valence-electron chi connectivity index (χ1n) is 10.8. The van der Waals surface area contributed by atoms with Crippen LogP contribution in [0.2, 0.25) is 0 Å². The van der Waals surface area contributed by atoms with E-state index in [2.05, 4.69) is 10.3 Å². The van der Waals surface area contributed by atoms with Crippen LogP contribution in [0.25, 0.3) is 0 Å². The zero-order valence-corrected chi connectivity index (χ0v) is 19.2. The van der Waals surface area contributed by atoms with Crippen molar-refractivity contribution in [3.05, 3.63) is 59.7 Å². The third-order valence-electron chi connectivity index (χ3n) is 5.72. The highest BCUT2D eigenvalue weighted by Crippen LogP contribution is 2.26. The molecule has 8 nitrogen and oxygen atoms in total. The third kappa shape index (κ3) is 5.47. The minimum atomic E-state index is -1.21. The molecule has 0 spiro atoms. The highest BCUT2D eigenvalue weighted by Gasteiger charge is 2.37. The fourth-order valence-corrected chi connectivity index (χ4v) is 4.27. The largest absolute Gasteiger partial charge is 0.465 e. The number of pyridine rings is 1. The standard InChI is InChI=1S/C24H29FN4O4/c1-24(2,3)29(23(32)33)16(12-15-8-5-6-9-17(15)25)13-21(30)27-19-14-18-20(10-7-11-26-18)28(4)22(19)31/h5-11,16,19H,12-14H2,1-4H3,(H,27,30)(H,32,33)/t16-,19?/m1/s1. The summed E-state index contributed by atoms with van der Waals surface area (Å²) in [7, 11) is 1.62. The van der Waals surface area contributed by atoms with Crippen LogP contribution in [0.4, 0.5) is 14.9 Å². The number of amides is 3. The van der Waals surface area contributed by atoms with Crippen molar-refractivity contribution in [2.45, 2.75) is 57.7 Å². The molecule has 3 amide bonds. The highest BCUT2D eigenvalue weighted by atomic mass is 19.1. The Morgan fingerprint density at radius 1 is 1.27 bits per heavy atom. The third-order valence-corrected chi connectivity index (χ3v) is 5.72. The number of fused-ring (bicyclic) bond motifs is 1. The van der Waals surface area contributed by atoms with Crippen molar-refractivity contribution in [3.63, 3.8) is 0 Å². The van der Waals surface area contributed by atoms with Gasteiger partial charge in [0, 0.05) is 37.7 Å². The SMILES string of the molecule is CN1C(=O)C(NC(=O)C[C@@H](Cc2ccccc2F)N(C(=O)O)C(C)(C)C)Cc2ncccc21. The molecule has 1 aromatic heterocycles. The summed E-state index contributed by atoms with van der Waals surface area (Å²) in [6.45, 7) is 5.15. The number of hydrogen-bond acceptors (Lipinski definition) is 4. The van der Waals surface area contributed by atoms with Gasteiger partial charge in [-0.3, -0.25) is 19.5 Å². The topological polar surface area (TPSA) is 103 Å². The average Bonchev–Trinajstić information content (AvgIpc) is 2.72. The Labute approximate surface area is 192 Å². The molecule has 0 fully saturated rings. The van der Waals surface area contributed by atoms with E-state index in [9.17, 15) is 23.9 Å². The van der Waals surface area contributed by atoms with E-state index in [1.165, 1.54) is 15.9 Å². The second-order valence-corrected chi connectivity index (χ2v) is 9.17. The highest BCUT2D eigenvalue weighted by molar-refractivity contribution is 6.01. The predicted molar refractivity (Wildman–Crippen MR) is 121 cm³/mol. The second kappa shape index (κ2) is 9.56. The van der Waals surface area contributed by atoms with Crippen LogP contribution in [-0.4, -0.2) is 57.6 Å². The van der Waals surface area contributed by atoms with E-state index in [1.54, 1.807) is 64.3 Å². The van der Waals surface area contributed by atoms with Crippen molar-refractivity contribution < 1.29 is 23.9 Å². The van der Waals surface area contributed by atoms with Gasteiger partial charge in [0.1, 0.15) is 11.9 Å². The van der Waals surface area contributed by atoms with Crippen LogP contribution in [0.1, 0.15) is 38.4 Å². The summed E-state index contributed by atoms with van der Waals surface area (Å²) in [4.78, 5) is 44.8. The molecule has 1 aliphatic heterocycles. The number of nitrogens with zero attached hydrogens (tertiary/aromatic N) is 3. The molecule has 3 rings (SSSR count). The van der Waals surface area contributed by atoms with Gasteiger partial charge in [0.15, 0.2) is 0 Å². The lowest BCUT2D eigenvalue weighted by Gasteiger charge is -2.40. The molecule has 1 aliphatic rings. The van der Waals surface area contributed by atoms with Gasteiger partial charge in [-0.25, -0.2) is 9.18 Å². The van der Waals surface area contributed by atoms with Crippen molar-refractivity contribution in [3.8, 4) is 0 Å². The zero-order valence-electron chi connectivity index (χ0n) is 19.2. The number of aromatic nitrogens is 1. The lowest BCUT2D eigenvalue weighted by Crippen LogP contribution is -2.55. The molecule has 2 aromatic rings. The first-order valence-corrected chi connectivity index (χ1v) is 10.8. The van der Waals surface area contributed by atoms with Gasteiger partial charge in [0.2, 0.25) is 11.8 Å². The number of hydrogen-bond donors (Lipinski definition) is 2. The zero-order chi connectivity index (χ0) is 24.3. The van der Waals surface area contributed by atoms with Gasteiger partial charge >= 0.3 is 6.09 Å². The first-order chi connectivity index (χ1) is 15.5. The van der Waals surface area contributed by atoms with Crippen LogP contribution >= 0.6 is 0 Å². The Balaban J connectivity index is 1.82. The number of carbonyl (C=O) groups is 3. The number of anilines is 1. The van der Waals surface area contributed by atoms with E-state index in [4.69, 9.17) is 0 Å². The molecule has 0 saturated carbocycles. The molecule has 176 valence electrons. The van der Waals surface area contributed by atoms with Gasteiger partial charge in [-0.15, -0.1) is 0 Å². The molecule has 0 radical (unpaired) electrons. The van der Waals surface area contributed by atoms with Crippen molar-refractivity contribution >= 4 is 23.6 Å². The van der Waals surface area contributed by atoms with Crippen LogP contribution < -0.4 is 10.2 Å². The summed E-state index contributed by atoms with van der Waals surface area (Å²) in [5, 5.41) is 12.6. The molecule has 2 N–H and O–H groups in total. The summed E-state index contributed by atoms with van der Waals surface area (Å²) in [5.74, 6) is -1.23. The molecule has 0 saturated heterocycles. The Morgan fingerprint density at radius 3 is 2.61 bits per heavy atom. The minimum Gasteiger partial charge on any atom is -0.465 e. The second-order valence-electron chi connectivity index (χ2n) is 9.17. The molecule has 33 heavy (non-hydrogen) atoms. The van der Waals surface area contributed by atoms with Crippen molar-refractivity contribution in [1.29, 1.82) is 0 Å². The summed E-state index contributed by atoms with van der Waals surface area (Å²) >= 11 is 0. The Bertz CT molecular complexity index is 1050. The van der Waals surface area contributed by atoms with Crippen molar-refractivity contribution in [1.82, 2.24) is 15.2 Å². The van der Waals surface area contributed by atoms with E-state index >= 15 is 0 Å². The summed E-state index contributed by atoms with van der Waals surface area (Å²) in [6, 6.07) is 7.97. The summed E-state index contributed by atoms with van der Waals surface area (Å²) in [5.41, 5.74) is 0.869. The Morgan fingerprint density at radius 2 is 1.97 bits per heavy atom. The monoisotopic (exact) mass is 456 g/mol. The van der Waals surface area contributed by atoms with Gasteiger partial charge in [0.25, 0.3) is 0 Å². The summed E-state index contributed by atoms with van der Waals surface area (Å²) < 4.78 is 14.3. The van der Waals surface area contributed by atoms with Crippen LogP contribution in [0, 0.1) is 5.82 Å². The fraction of sp³-hybridized carbons (Fsp3) is 0.417.